The van der Waals surface area contributed by atoms with E-state index in [1.807, 2.05) is 17.8 Å². The molecule has 6 nitrogen and oxygen atoms in total. The van der Waals surface area contributed by atoms with Crippen molar-refractivity contribution in [1.82, 2.24) is 15.1 Å². The van der Waals surface area contributed by atoms with Crippen molar-refractivity contribution in [3.8, 4) is 0 Å². The molecule has 1 saturated carbocycles. The Morgan fingerprint density at radius 3 is 2.10 bits per heavy atom. The molecular weight excluding hydrogens is 518 g/mol. The fraction of sp³-hybridized carbons (Fsp3) is 0.364. The Balaban J connectivity index is 1.01. The highest BCUT2D eigenvalue weighted by atomic mass is 32.2. The molecule has 1 aliphatic carbocycles. The molecule has 3 atom stereocenters. The van der Waals surface area contributed by atoms with Gasteiger partial charge in [-0.2, -0.15) is 0 Å². The summed E-state index contributed by atoms with van der Waals surface area (Å²) in [6.45, 7) is 2.67. The lowest BCUT2D eigenvalue weighted by molar-refractivity contribution is -0.136. The van der Waals surface area contributed by atoms with Crippen LogP contribution in [0.4, 0.5) is 0 Å². The van der Waals surface area contributed by atoms with Crippen LogP contribution in [-0.4, -0.2) is 51.9 Å². The summed E-state index contributed by atoms with van der Waals surface area (Å²) >= 11 is 1.94. The molecule has 3 aliphatic heterocycles. The number of fused-ring (bicyclic) bond motifs is 2. The van der Waals surface area contributed by atoms with Crippen LogP contribution in [0.1, 0.15) is 58.8 Å². The number of piperidine rings is 1. The minimum atomic E-state index is -0.568. The lowest BCUT2D eigenvalue weighted by Gasteiger charge is -2.30. The molecule has 3 amide bonds. The van der Waals surface area contributed by atoms with Crippen molar-refractivity contribution in [1.29, 1.82) is 0 Å². The number of rotatable bonds is 6. The first-order valence-corrected chi connectivity index (χ1v) is 15.2. The third kappa shape index (κ3) is 4.75. The number of likely N-dealkylation sites (tertiary alicyclic amines) is 1. The molecule has 3 unspecified atom stereocenters. The standard InChI is InChI=1S/C33H33N3O3S/c37-30-14-13-29(32(38)34-30)36-20-25-17-26(11-12-28(25)33(36)39)40-27-15-23-18-35(19-24(23)16-27)31(21-7-3-1-4-8-21)22-9-5-2-6-10-22/h1-12,17,23-24,27,29,31H,13-16,18-20H2,(H,34,37,38). The molecule has 40 heavy (non-hydrogen) atoms. The summed E-state index contributed by atoms with van der Waals surface area (Å²) in [5.74, 6) is 0.672. The van der Waals surface area contributed by atoms with Crippen LogP contribution in [-0.2, 0) is 16.1 Å². The minimum Gasteiger partial charge on any atom is -0.322 e. The van der Waals surface area contributed by atoms with E-state index < -0.39 is 6.04 Å². The molecule has 3 aromatic carbocycles. The maximum absolute atomic E-state index is 13.1. The van der Waals surface area contributed by atoms with Gasteiger partial charge in [0.25, 0.3) is 5.91 Å². The fourth-order valence-electron chi connectivity index (χ4n) is 7.29. The van der Waals surface area contributed by atoms with E-state index in [2.05, 4.69) is 83.0 Å². The van der Waals surface area contributed by atoms with E-state index >= 15 is 0 Å². The molecule has 0 bridgehead atoms. The van der Waals surface area contributed by atoms with Gasteiger partial charge in [-0.1, -0.05) is 60.7 Å². The first-order valence-electron chi connectivity index (χ1n) is 14.3. The summed E-state index contributed by atoms with van der Waals surface area (Å²) in [5.41, 5.74) is 4.38. The number of thioether (sulfide) groups is 1. The average Bonchev–Trinajstić information content (AvgIpc) is 3.61. The van der Waals surface area contributed by atoms with E-state index in [1.54, 1.807) is 4.90 Å². The molecule has 2 saturated heterocycles. The van der Waals surface area contributed by atoms with Gasteiger partial charge in [0.15, 0.2) is 0 Å². The van der Waals surface area contributed by atoms with Crippen molar-refractivity contribution in [2.45, 2.75) is 54.5 Å². The molecule has 1 N–H and O–H groups in total. The van der Waals surface area contributed by atoms with Gasteiger partial charge in [0, 0.05) is 41.8 Å². The molecule has 0 aromatic heterocycles. The van der Waals surface area contributed by atoms with E-state index in [9.17, 15) is 14.4 Å². The van der Waals surface area contributed by atoms with Crippen molar-refractivity contribution < 1.29 is 14.4 Å². The molecule has 3 heterocycles. The van der Waals surface area contributed by atoms with Crippen molar-refractivity contribution in [3.63, 3.8) is 0 Å². The third-order valence-corrected chi connectivity index (χ3v) is 10.4. The Kier molecular flexibility index (Phi) is 6.72. The molecule has 3 aromatic rings. The van der Waals surface area contributed by atoms with Crippen LogP contribution in [0, 0.1) is 11.8 Å². The molecule has 0 radical (unpaired) electrons. The number of carbonyl (C=O) groups excluding carboxylic acids is 3. The summed E-state index contributed by atoms with van der Waals surface area (Å²) < 4.78 is 0. The molecule has 7 rings (SSSR count). The van der Waals surface area contributed by atoms with Crippen molar-refractivity contribution in [3.05, 3.63) is 101 Å². The van der Waals surface area contributed by atoms with Crippen LogP contribution in [0.15, 0.2) is 83.8 Å². The fourth-order valence-corrected chi connectivity index (χ4v) is 8.72. The number of nitrogens with zero attached hydrogens (tertiary/aromatic N) is 2. The number of hydrogen-bond acceptors (Lipinski definition) is 5. The quantitative estimate of drug-likeness (QED) is 0.435. The summed E-state index contributed by atoms with van der Waals surface area (Å²) in [6.07, 6.45) is 3.08. The van der Waals surface area contributed by atoms with Crippen molar-refractivity contribution in [2.75, 3.05) is 13.1 Å². The first-order chi connectivity index (χ1) is 19.5. The van der Waals surface area contributed by atoms with Crippen LogP contribution in [0.25, 0.3) is 0 Å². The predicted molar refractivity (Wildman–Crippen MR) is 155 cm³/mol. The topological polar surface area (TPSA) is 69.7 Å². The molecule has 0 spiro atoms. The lowest BCUT2D eigenvalue weighted by atomic mass is 9.97. The lowest BCUT2D eigenvalue weighted by Crippen LogP contribution is -2.52. The molecule has 7 heteroatoms. The number of benzene rings is 3. The van der Waals surface area contributed by atoms with Crippen LogP contribution >= 0.6 is 11.8 Å². The largest absolute Gasteiger partial charge is 0.322 e. The van der Waals surface area contributed by atoms with Gasteiger partial charge < -0.3 is 4.90 Å². The Hall–Kier alpha value is -3.42. The van der Waals surface area contributed by atoms with E-state index in [0.29, 0.717) is 41.7 Å². The summed E-state index contributed by atoms with van der Waals surface area (Å²) in [4.78, 5) is 42.5. The molecular formula is C33H33N3O3S. The minimum absolute atomic E-state index is 0.108. The number of nitrogens with one attached hydrogen (secondary N) is 1. The Labute approximate surface area is 239 Å². The highest BCUT2D eigenvalue weighted by Crippen LogP contribution is 2.48. The van der Waals surface area contributed by atoms with Gasteiger partial charge in [0.2, 0.25) is 11.8 Å². The molecule has 204 valence electrons. The monoisotopic (exact) mass is 551 g/mol. The molecule has 3 fully saturated rings. The van der Waals surface area contributed by atoms with Gasteiger partial charge in [0.05, 0.1) is 6.04 Å². The second kappa shape index (κ2) is 10.5. The van der Waals surface area contributed by atoms with Crippen LogP contribution in [0.3, 0.4) is 0 Å². The zero-order chi connectivity index (χ0) is 27.2. The van der Waals surface area contributed by atoms with Crippen LogP contribution in [0.2, 0.25) is 0 Å². The average molecular weight is 552 g/mol. The van der Waals surface area contributed by atoms with E-state index in [1.165, 1.54) is 28.9 Å². The van der Waals surface area contributed by atoms with Crippen molar-refractivity contribution >= 4 is 29.5 Å². The van der Waals surface area contributed by atoms with Gasteiger partial charge in [-0.05, 0) is 66.0 Å². The highest BCUT2D eigenvalue weighted by Gasteiger charge is 2.44. The van der Waals surface area contributed by atoms with E-state index in [0.717, 1.165) is 18.7 Å². The Morgan fingerprint density at radius 1 is 0.825 bits per heavy atom. The van der Waals surface area contributed by atoms with Crippen molar-refractivity contribution in [2.24, 2.45) is 11.8 Å². The molecule has 4 aliphatic rings. The van der Waals surface area contributed by atoms with Crippen LogP contribution < -0.4 is 5.32 Å². The summed E-state index contributed by atoms with van der Waals surface area (Å²) in [6, 6.07) is 27.6. The number of carbonyl (C=O) groups is 3. The predicted octanol–water partition coefficient (Wildman–Crippen LogP) is 5.04. The van der Waals surface area contributed by atoms with Crippen LogP contribution in [0.5, 0.6) is 0 Å². The summed E-state index contributed by atoms with van der Waals surface area (Å²) in [7, 11) is 0. The zero-order valence-corrected chi connectivity index (χ0v) is 23.2. The van der Waals surface area contributed by atoms with Gasteiger partial charge in [-0.25, -0.2) is 0 Å². The Bertz CT molecular complexity index is 1390. The summed E-state index contributed by atoms with van der Waals surface area (Å²) in [5, 5.41) is 2.96. The number of amides is 3. The SMILES string of the molecule is O=C1CCC(N2Cc3cc(SC4CC5CN(C(c6ccccc6)c6ccccc6)CC5C4)ccc3C2=O)C(=O)N1. The van der Waals surface area contributed by atoms with E-state index in [4.69, 9.17) is 0 Å². The number of hydrogen-bond donors (Lipinski definition) is 1. The van der Waals surface area contributed by atoms with E-state index in [-0.39, 0.29) is 24.1 Å². The van der Waals surface area contributed by atoms with Gasteiger partial charge in [-0.3, -0.25) is 24.6 Å². The highest BCUT2D eigenvalue weighted by molar-refractivity contribution is 8.00. The normalized spacial score (nSPS) is 26.3. The smallest absolute Gasteiger partial charge is 0.255 e. The zero-order valence-electron chi connectivity index (χ0n) is 22.4. The van der Waals surface area contributed by atoms with Gasteiger partial charge in [-0.15, -0.1) is 11.8 Å². The second-order valence-corrected chi connectivity index (χ2v) is 13.0. The second-order valence-electron chi connectivity index (χ2n) is 11.6. The Morgan fingerprint density at radius 2 is 1.48 bits per heavy atom. The first kappa shape index (κ1) is 25.5. The maximum atomic E-state index is 13.1. The maximum Gasteiger partial charge on any atom is 0.255 e. The third-order valence-electron chi connectivity index (χ3n) is 9.13. The number of imide groups is 1. The van der Waals surface area contributed by atoms with Gasteiger partial charge in [0.1, 0.15) is 6.04 Å². The van der Waals surface area contributed by atoms with Gasteiger partial charge >= 0.3 is 0 Å².